The largest absolute Gasteiger partial charge is 0.378 e. The van der Waals surface area contributed by atoms with Crippen LogP contribution in [0.4, 0.5) is 14.5 Å². The van der Waals surface area contributed by atoms with Crippen molar-refractivity contribution in [1.82, 2.24) is 9.62 Å². The van der Waals surface area contributed by atoms with E-state index in [1.807, 2.05) is 11.9 Å². The molecule has 0 aliphatic carbocycles. The Morgan fingerprint density at radius 1 is 1.22 bits per heavy atom. The fourth-order valence-electron chi connectivity index (χ4n) is 5.27. The summed E-state index contributed by atoms with van der Waals surface area (Å²) in [6.45, 7) is 5.67. The zero-order valence-electron chi connectivity index (χ0n) is 21.7. The molecule has 0 spiro atoms. The Morgan fingerprint density at radius 2 is 2.05 bits per heavy atom. The van der Waals surface area contributed by atoms with Gasteiger partial charge in [-0.15, -0.1) is 0 Å². The summed E-state index contributed by atoms with van der Waals surface area (Å²) >= 11 is 1.87. The van der Waals surface area contributed by atoms with Crippen LogP contribution >= 0.6 is 11.9 Å². The first-order chi connectivity index (χ1) is 18.0. The highest BCUT2D eigenvalue weighted by Crippen LogP contribution is 2.32. The molecule has 2 N–H and O–H groups in total. The van der Waals surface area contributed by atoms with E-state index >= 15 is 0 Å². The third-order valence-corrected chi connectivity index (χ3v) is 8.65. The van der Waals surface area contributed by atoms with Crippen LogP contribution in [0.15, 0.2) is 42.5 Å². The number of nitrogens with zero attached hydrogens (tertiary/aromatic N) is 1. The van der Waals surface area contributed by atoms with Crippen LogP contribution < -0.4 is 10.6 Å². The minimum absolute atomic E-state index is 0.0950. The molecule has 2 aliphatic rings. The average molecular weight is 532 g/mol. The molecule has 0 bridgehead atoms. The van der Waals surface area contributed by atoms with E-state index in [2.05, 4.69) is 21.9 Å². The van der Waals surface area contributed by atoms with Crippen molar-refractivity contribution < 1.29 is 18.3 Å². The highest BCUT2D eigenvalue weighted by atomic mass is 32.2. The zero-order chi connectivity index (χ0) is 26.0. The molecule has 202 valence electrons. The number of carbonyl (C=O) groups excluding carboxylic acids is 1. The second-order valence-corrected chi connectivity index (χ2v) is 11.1. The third-order valence-electron chi connectivity index (χ3n) is 7.25. The maximum Gasteiger partial charge on any atom is 0.225 e. The molecule has 2 heterocycles. The quantitative estimate of drug-likeness (QED) is 0.353. The van der Waals surface area contributed by atoms with Gasteiger partial charge in [-0.05, 0) is 68.4 Å². The Balaban J connectivity index is 1.44. The molecular weight excluding hydrogens is 492 g/mol. The SMILES string of the molecule is CCCSN1CCNCC1CCc1c(F)cccc1NC(=O)CC(c1ccc(F)cc1)C1CCCCO1. The predicted octanol–water partition coefficient (Wildman–Crippen LogP) is 5.91. The first kappa shape index (κ1) is 28.0. The van der Waals surface area contributed by atoms with Crippen molar-refractivity contribution in [3.05, 3.63) is 65.2 Å². The molecule has 3 unspecified atom stereocenters. The Bertz CT molecular complexity index is 1000. The number of halogens is 2. The van der Waals surface area contributed by atoms with E-state index < -0.39 is 0 Å². The molecular formula is C29H39F2N3O2S. The van der Waals surface area contributed by atoms with Crippen LogP contribution in [0.5, 0.6) is 0 Å². The van der Waals surface area contributed by atoms with Crippen LogP contribution in [0, 0.1) is 11.6 Å². The minimum atomic E-state index is -0.305. The lowest BCUT2D eigenvalue weighted by molar-refractivity contribution is -0.117. The smallest absolute Gasteiger partial charge is 0.225 e. The summed E-state index contributed by atoms with van der Waals surface area (Å²) in [6.07, 6.45) is 5.49. The highest BCUT2D eigenvalue weighted by Gasteiger charge is 2.29. The maximum absolute atomic E-state index is 15.0. The average Bonchev–Trinajstić information content (AvgIpc) is 2.92. The van der Waals surface area contributed by atoms with Crippen molar-refractivity contribution in [2.45, 2.75) is 69.9 Å². The van der Waals surface area contributed by atoms with Crippen LogP contribution in [0.2, 0.25) is 0 Å². The number of carbonyl (C=O) groups is 1. The van der Waals surface area contributed by atoms with Gasteiger partial charge in [0.25, 0.3) is 0 Å². The summed E-state index contributed by atoms with van der Waals surface area (Å²) < 4.78 is 37.0. The molecule has 2 aliphatic heterocycles. The van der Waals surface area contributed by atoms with Gasteiger partial charge in [-0.1, -0.05) is 37.1 Å². The van der Waals surface area contributed by atoms with Crippen molar-refractivity contribution in [3.8, 4) is 0 Å². The van der Waals surface area contributed by atoms with Gasteiger partial charge >= 0.3 is 0 Å². The van der Waals surface area contributed by atoms with Gasteiger partial charge in [-0.25, -0.2) is 13.1 Å². The van der Waals surface area contributed by atoms with Gasteiger partial charge in [0.2, 0.25) is 5.91 Å². The number of benzene rings is 2. The Labute approximate surface area is 223 Å². The van der Waals surface area contributed by atoms with Gasteiger partial charge in [0.1, 0.15) is 11.6 Å². The van der Waals surface area contributed by atoms with E-state index in [-0.39, 0.29) is 36.0 Å². The summed E-state index contributed by atoms with van der Waals surface area (Å²) in [5.41, 5.74) is 1.97. The van der Waals surface area contributed by atoms with Crippen LogP contribution in [0.25, 0.3) is 0 Å². The van der Waals surface area contributed by atoms with Crippen LogP contribution in [-0.4, -0.2) is 54.4 Å². The van der Waals surface area contributed by atoms with Crippen molar-refractivity contribution in [3.63, 3.8) is 0 Å². The molecule has 2 aromatic carbocycles. The van der Waals surface area contributed by atoms with Gasteiger partial charge < -0.3 is 15.4 Å². The Kier molecular flexibility index (Phi) is 10.8. The predicted molar refractivity (Wildman–Crippen MR) is 147 cm³/mol. The lowest BCUT2D eigenvalue weighted by Gasteiger charge is -2.35. The molecule has 4 rings (SSSR count). The number of piperazine rings is 1. The van der Waals surface area contributed by atoms with E-state index in [1.54, 1.807) is 24.3 Å². The number of hydrogen-bond donors (Lipinski definition) is 2. The lowest BCUT2D eigenvalue weighted by Crippen LogP contribution is -2.48. The Morgan fingerprint density at radius 3 is 2.81 bits per heavy atom. The van der Waals surface area contributed by atoms with Crippen LogP contribution in [0.1, 0.15) is 62.5 Å². The van der Waals surface area contributed by atoms with E-state index in [0.29, 0.717) is 30.3 Å². The number of nitrogens with one attached hydrogen (secondary N) is 2. The summed E-state index contributed by atoms with van der Waals surface area (Å²) in [4.78, 5) is 13.3. The van der Waals surface area contributed by atoms with Crippen LogP contribution in [-0.2, 0) is 16.0 Å². The van der Waals surface area contributed by atoms with E-state index in [1.165, 1.54) is 18.2 Å². The summed E-state index contributed by atoms with van der Waals surface area (Å²) in [6, 6.07) is 11.5. The van der Waals surface area contributed by atoms with E-state index in [4.69, 9.17) is 4.74 Å². The number of anilines is 1. The molecule has 2 aromatic rings. The molecule has 0 saturated carbocycles. The van der Waals surface area contributed by atoms with Crippen molar-refractivity contribution in [2.24, 2.45) is 0 Å². The summed E-state index contributed by atoms with van der Waals surface area (Å²) in [5.74, 6) is 0.114. The number of hydrogen-bond acceptors (Lipinski definition) is 5. The van der Waals surface area contributed by atoms with Crippen LogP contribution in [0.3, 0.4) is 0 Å². The molecule has 3 atom stereocenters. The summed E-state index contributed by atoms with van der Waals surface area (Å²) in [5, 5.41) is 6.45. The fraction of sp³-hybridized carbons (Fsp3) is 0.552. The molecule has 0 aromatic heterocycles. The number of rotatable bonds is 11. The normalized spacial score (nSPS) is 21.5. The van der Waals surface area contributed by atoms with Crippen molar-refractivity contribution in [1.29, 1.82) is 0 Å². The van der Waals surface area contributed by atoms with Gasteiger partial charge in [0, 0.05) is 61.6 Å². The maximum atomic E-state index is 15.0. The molecule has 2 fully saturated rings. The zero-order valence-corrected chi connectivity index (χ0v) is 22.5. The number of ether oxygens (including phenoxy) is 1. The second-order valence-electron chi connectivity index (χ2n) is 9.95. The summed E-state index contributed by atoms with van der Waals surface area (Å²) in [7, 11) is 0. The molecule has 37 heavy (non-hydrogen) atoms. The molecule has 0 radical (unpaired) electrons. The molecule has 8 heteroatoms. The fourth-order valence-corrected chi connectivity index (χ4v) is 6.29. The van der Waals surface area contributed by atoms with Crippen molar-refractivity contribution >= 4 is 23.5 Å². The second kappa shape index (κ2) is 14.2. The molecule has 2 saturated heterocycles. The van der Waals surface area contributed by atoms with Gasteiger partial charge in [0.15, 0.2) is 0 Å². The Hall–Kier alpha value is -2.00. The monoisotopic (exact) mass is 531 g/mol. The van der Waals surface area contributed by atoms with Gasteiger partial charge in [-0.2, -0.15) is 0 Å². The van der Waals surface area contributed by atoms with E-state index in [9.17, 15) is 13.6 Å². The van der Waals surface area contributed by atoms with Crippen molar-refractivity contribution in [2.75, 3.05) is 37.3 Å². The lowest BCUT2D eigenvalue weighted by atomic mass is 9.86. The first-order valence-electron chi connectivity index (χ1n) is 13.6. The molecule has 1 amide bonds. The topological polar surface area (TPSA) is 53.6 Å². The third kappa shape index (κ3) is 7.99. The standard InChI is InChI=1S/C29H39F2N3O2S/c1-2-18-37-34-16-15-32-20-23(34)13-14-24-26(31)6-5-7-27(24)33-29(35)19-25(28-8-3-4-17-36-28)21-9-11-22(30)12-10-21/h5-7,9-12,23,25,28,32H,2-4,8,13-20H2,1H3,(H,33,35). The van der Waals surface area contributed by atoms with E-state index in [0.717, 1.165) is 63.1 Å². The van der Waals surface area contributed by atoms with Gasteiger partial charge in [0.05, 0.1) is 6.10 Å². The first-order valence-corrected chi connectivity index (χ1v) is 14.5. The highest BCUT2D eigenvalue weighted by molar-refractivity contribution is 7.97. The number of amides is 1. The van der Waals surface area contributed by atoms with Gasteiger partial charge in [-0.3, -0.25) is 4.79 Å². The minimum Gasteiger partial charge on any atom is -0.378 e. The molecule has 5 nitrogen and oxygen atoms in total.